The van der Waals surface area contributed by atoms with E-state index in [1.54, 1.807) is 13.8 Å². The van der Waals surface area contributed by atoms with E-state index in [9.17, 15) is 26.3 Å². The van der Waals surface area contributed by atoms with Crippen molar-refractivity contribution in [1.82, 2.24) is 0 Å². The molecular formula is C19H18F6. The molecule has 0 saturated carbocycles. The summed E-state index contributed by atoms with van der Waals surface area (Å²) in [5, 5.41) is 0. The lowest BCUT2D eigenvalue weighted by Crippen LogP contribution is -2.54. The Balaban J connectivity index is 2.91. The van der Waals surface area contributed by atoms with E-state index < -0.39 is 28.9 Å². The fourth-order valence-electron chi connectivity index (χ4n) is 3.03. The van der Waals surface area contributed by atoms with Crippen LogP contribution < -0.4 is 0 Å². The molecule has 0 radical (unpaired) electrons. The molecule has 0 aliphatic carbocycles. The van der Waals surface area contributed by atoms with Gasteiger partial charge in [0.05, 0.1) is 0 Å². The van der Waals surface area contributed by atoms with Crippen LogP contribution in [0.5, 0.6) is 0 Å². The van der Waals surface area contributed by atoms with E-state index in [2.05, 4.69) is 0 Å². The minimum absolute atomic E-state index is 0.342. The van der Waals surface area contributed by atoms with Crippen molar-refractivity contribution in [2.24, 2.45) is 0 Å². The normalized spacial score (nSPS) is 13.1. The molecule has 0 spiro atoms. The van der Waals surface area contributed by atoms with Crippen molar-refractivity contribution in [3.63, 3.8) is 0 Å². The van der Waals surface area contributed by atoms with E-state index >= 15 is 0 Å². The summed E-state index contributed by atoms with van der Waals surface area (Å²) in [6.07, 6.45) is -10.4. The Morgan fingerprint density at radius 1 is 0.640 bits per heavy atom. The number of alkyl halides is 6. The first-order valence-corrected chi connectivity index (χ1v) is 7.90. The van der Waals surface area contributed by atoms with Crippen LogP contribution in [0.3, 0.4) is 0 Å². The van der Waals surface area contributed by atoms with Crippen molar-refractivity contribution in [3.05, 3.63) is 70.8 Å². The molecule has 0 N–H and O–H groups in total. The Kier molecular flexibility index (Phi) is 5.21. The van der Waals surface area contributed by atoms with Crippen molar-refractivity contribution in [2.45, 2.75) is 44.5 Å². The highest BCUT2D eigenvalue weighted by Gasteiger charge is 2.72. The van der Waals surface area contributed by atoms with Gasteiger partial charge in [-0.2, -0.15) is 26.3 Å². The predicted molar refractivity (Wildman–Crippen MR) is 84.5 cm³/mol. The number of aryl methyl sites for hydroxylation is 2. The lowest BCUT2D eigenvalue weighted by molar-refractivity contribution is -0.288. The predicted octanol–water partition coefficient (Wildman–Crippen LogP) is 6.22. The fraction of sp³-hybridized carbons (Fsp3) is 0.368. The van der Waals surface area contributed by atoms with Crippen LogP contribution in [0.2, 0.25) is 0 Å². The minimum Gasteiger partial charge on any atom is -0.169 e. The summed E-state index contributed by atoms with van der Waals surface area (Å²) in [5.41, 5.74) is -4.83. The third-order valence-corrected chi connectivity index (χ3v) is 4.39. The Labute approximate surface area is 142 Å². The van der Waals surface area contributed by atoms with Gasteiger partial charge in [-0.15, -0.1) is 0 Å². The molecule has 2 aromatic carbocycles. The summed E-state index contributed by atoms with van der Waals surface area (Å²) in [6.45, 7) is 3.36. The number of rotatable bonds is 4. The van der Waals surface area contributed by atoms with Crippen molar-refractivity contribution in [2.75, 3.05) is 0 Å². The van der Waals surface area contributed by atoms with Gasteiger partial charge in [0.2, 0.25) is 5.41 Å². The Hall–Kier alpha value is -1.98. The molecule has 0 atom stereocenters. The topological polar surface area (TPSA) is 0 Å². The van der Waals surface area contributed by atoms with Gasteiger partial charge < -0.3 is 0 Å². The average Bonchev–Trinajstić information content (AvgIpc) is 2.53. The van der Waals surface area contributed by atoms with E-state index in [0.717, 1.165) is 24.3 Å². The molecule has 2 aromatic rings. The molecule has 6 heteroatoms. The molecule has 0 aliphatic rings. The average molecular weight is 360 g/mol. The van der Waals surface area contributed by atoms with Crippen molar-refractivity contribution in [1.29, 1.82) is 0 Å². The summed E-state index contributed by atoms with van der Waals surface area (Å²) in [6, 6.07) is 9.32. The van der Waals surface area contributed by atoms with Crippen molar-refractivity contribution < 1.29 is 26.3 Å². The molecule has 2 rings (SSSR count). The monoisotopic (exact) mass is 360 g/mol. The molecule has 0 fully saturated rings. The van der Waals surface area contributed by atoms with Crippen LogP contribution in [0.15, 0.2) is 48.5 Å². The van der Waals surface area contributed by atoms with E-state index in [0.29, 0.717) is 24.0 Å². The van der Waals surface area contributed by atoms with Crippen LogP contribution in [0.4, 0.5) is 26.3 Å². The van der Waals surface area contributed by atoms with Crippen LogP contribution in [0.25, 0.3) is 0 Å². The first-order valence-electron chi connectivity index (χ1n) is 7.90. The fourth-order valence-corrected chi connectivity index (χ4v) is 3.03. The third-order valence-electron chi connectivity index (χ3n) is 4.39. The highest BCUT2D eigenvalue weighted by molar-refractivity contribution is 5.46. The third kappa shape index (κ3) is 3.26. The van der Waals surface area contributed by atoms with Crippen LogP contribution >= 0.6 is 0 Å². The summed E-state index contributed by atoms with van der Waals surface area (Å²) in [7, 11) is 0. The number of halogens is 6. The highest BCUT2D eigenvalue weighted by atomic mass is 19.4. The molecule has 0 aliphatic heterocycles. The zero-order valence-electron chi connectivity index (χ0n) is 13.8. The van der Waals surface area contributed by atoms with Crippen LogP contribution in [-0.2, 0) is 18.3 Å². The molecule has 0 aromatic heterocycles. The van der Waals surface area contributed by atoms with Gasteiger partial charge in [-0.1, -0.05) is 62.4 Å². The maximum Gasteiger partial charge on any atom is 0.411 e. The van der Waals surface area contributed by atoms with Gasteiger partial charge in [0.25, 0.3) is 0 Å². The van der Waals surface area contributed by atoms with E-state index in [4.69, 9.17) is 0 Å². The molecule has 0 unspecified atom stereocenters. The van der Waals surface area contributed by atoms with Gasteiger partial charge in [0.15, 0.2) is 0 Å². The standard InChI is InChI=1S/C19H18F6/c1-3-13-7-5-9-15(11-13)17(18(20,21)22,19(23,24)25)16-10-6-8-14(4-2)12-16/h5-12H,3-4H2,1-2H3. The van der Waals surface area contributed by atoms with Crippen molar-refractivity contribution >= 4 is 0 Å². The lowest BCUT2D eigenvalue weighted by Gasteiger charge is -2.38. The quantitative estimate of drug-likeness (QED) is 0.568. The van der Waals surface area contributed by atoms with Crippen LogP contribution in [0, 0.1) is 0 Å². The SMILES string of the molecule is CCc1cccc(C(c2cccc(CC)c2)(C(F)(F)F)C(F)(F)F)c1. The maximum atomic E-state index is 14.0. The summed E-state index contributed by atoms with van der Waals surface area (Å²) in [5.74, 6) is 0. The second-order valence-corrected chi connectivity index (χ2v) is 5.85. The summed E-state index contributed by atoms with van der Waals surface area (Å²) < 4.78 is 84.0. The summed E-state index contributed by atoms with van der Waals surface area (Å²) >= 11 is 0. The number of benzene rings is 2. The minimum atomic E-state index is -5.54. The molecular weight excluding hydrogens is 342 g/mol. The zero-order valence-corrected chi connectivity index (χ0v) is 13.8. The van der Waals surface area contributed by atoms with Crippen molar-refractivity contribution in [3.8, 4) is 0 Å². The number of hydrogen-bond acceptors (Lipinski definition) is 0. The first kappa shape index (κ1) is 19.3. The lowest BCUT2D eigenvalue weighted by atomic mass is 9.72. The van der Waals surface area contributed by atoms with E-state index in [1.807, 2.05) is 0 Å². The van der Waals surface area contributed by atoms with Crippen LogP contribution in [0.1, 0.15) is 36.1 Å². The highest BCUT2D eigenvalue weighted by Crippen LogP contribution is 2.56. The second kappa shape index (κ2) is 6.73. The molecule has 0 saturated heterocycles. The Bertz CT molecular complexity index is 664. The molecule has 25 heavy (non-hydrogen) atoms. The number of hydrogen-bond donors (Lipinski definition) is 0. The van der Waals surface area contributed by atoms with E-state index in [-0.39, 0.29) is 0 Å². The largest absolute Gasteiger partial charge is 0.411 e. The molecule has 0 amide bonds. The molecule has 136 valence electrons. The second-order valence-electron chi connectivity index (χ2n) is 5.85. The smallest absolute Gasteiger partial charge is 0.169 e. The molecule has 0 nitrogen and oxygen atoms in total. The zero-order chi connectivity index (χ0) is 18.9. The molecule has 0 heterocycles. The van der Waals surface area contributed by atoms with Gasteiger partial charge in [-0.3, -0.25) is 0 Å². The maximum absolute atomic E-state index is 14.0. The summed E-state index contributed by atoms with van der Waals surface area (Å²) in [4.78, 5) is 0. The van der Waals surface area contributed by atoms with Crippen LogP contribution in [-0.4, -0.2) is 12.4 Å². The first-order chi connectivity index (χ1) is 11.6. The van der Waals surface area contributed by atoms with Gasteiger partial charge >= 0.3 is 12.4 Å². The molecule has 0 bridgehead atoms. The van der Waals surface area contributed by atoms with Gasteiger partial charge in [-0.05, 0) is 35.1 Å². The Morgan fingerprint density at radius 3 is 1.28 bits per heavy atom. The van der Waals surface area contributed by atoms with Gasteiger partial charge in [0.1, 0.15) is 0 Å². The van der Waals surface area contributed by atoms with Gasteiger partial charge in [-0.25, -0.2) is 0 Å². The Morgan fingerprint density at radius 2 is 1.00 bits per heavy atom. The van der Waals surface area contributed by atoms with E-state index in [1.165, 1.54) is 24.3 Å². The van der Waals surface area contributed by atoms with Gasteiger partial charge in [0, 0.05) is 0 Å².